The highest BCUT2D eigenvalue weighted by atomic mass is 15.1. The molecule has 3 N–H and O–H groups in total. The van der Waals surface area contributed by atoms with Gasteiger partial charge in [-0.1, -0.05) is 0 Å². The van der Waals surface area contributed by atoms with Gasteiger partial charge in [0.2, 0.25) is 0 Å². The van der Waals surface area contributed by atoms with E-state index in [2.05, 4.69) is 5.32 Å². The maximum absolute atomic E-state index is 6.00. The summed E-state index contributed by atoms with van der Waals surface area (Å²) in [6.07, 6.45) is 10.9. The lowest BCUT2D eigenvalue weighted by Gasteiger charge is -2.41. The summed E-state index contributed by atoms with van der Waals surface area (Å²) in [5.41, 5.74) is 6.52. The summed E-state index contributed by atoms with van der Waals surface area (Å²) in [7, 11) is 0. The summed E-state index contributed by atoms with van der Waals surface area (Å²) in [5.74, 6) is 0.996. The molecule has 0 radical (unpaired) electrons. The van der Waals surface area contributed by atoms with E-state index in [1.54, 1.807) is 0 Å². The third-order valence-corrected chi connectivity index (χ3v) is 4.35. The Labute approximate surface area is 86.6 Å². The van der Waals surface area contributed by atoms with Crippen LogP contribution in [0, 0.1) is 5.92 Å². The van der Waals surface area contributed by atoms with Crippen molar-refractivity contribution in [2.75, 3.05) is 0 Å². The molecule has 0 spiro atoms. The van der Waals surface area contributed by atoms with E-state index in [1.165, 1.54) is 51.4 Å². The van der Waals surface area contributed by atoms with Gasteiger partial charge in [0.15, 0.2) is 0 Å². The van der Waals surface area contributed by atoms with E-state index in [9.17, 15) is 0 Å². The first-order chi connectivity index (χ1) is 6.78. The molecular formula is C12H22N2. The van der Waals surface area contributed by atoms with Crippen LogP contribution in [0.5, 0.6) is 0 Å². The Morgan fingerprint density at radius 3 is 2.07 bits per heavy atom. The first-order valence-corrected chi connectivity index (χ1v) is 6.32. The molecule has 3 aliphatic rings. The van der Waals surface area contributed by atoms with Gasteiger partial charge >= 0.3 is 0 Å². The summed E-state index contributed by atoms with van der Waals surface area (Å²) in [5, 5.41) is 3.93. The Morgan fingerprint density at radius 2 is 1.57 bits per heavy atom. The lowest BCUT2D eigenvalue weighted by molar-refractivity contribution is 0.184. The van der Waals surface area contributed by atoms with Gasteiger partial charge in [0, 0.05) is 17.6 Å². The van der Waals surface area contributed by atoms with E-state index < -0.39 is 0 Å². The molecule has 0 amide bonds. The highest BCUT2D eigenvalue weighted by Crippen LogP contribution is 2.48. The lowest BCUT2D eigenvalue weighted by Crippen LogP contribution is -2.52. The fourth-order valence-electron chi connectivity index (χ4n) is 3.10. The van der Waals surface area contributed by atoms with Gasteiger partial charge in [0.05, 0.1) is 0 Å². The first-order valence-electron chi connectivity index (χ1n) is 6.32. The third-order valence-electron chi connectivity index (χ3n) is 4.35. The third kappa shape index (κ3) is 1.70. The Bertz CT molecular complexity index is 210. The largest absolute Gasteiger partial charge is 0.328 e. The minimum Gasteiger partial charge on any atom is -0.328 e. The molecule has 2 nitrogen and oxygen atoms in total. The molecule has 0 saturated heterocycles. The van der Waals surface area contributed by atoms with Crippen molar-refractivity contribution in [2.45, 2.75) is 69.0 Å². The van der Waals surface area contributed by atoms with Gasteiger partial charge in [-0.2, -0.15) is 0 Å². The van der Waals surface area contributed by atoms with Gasteiger partial charge in [0.25, 0.3) is 0 Å². The summed E-state index contributed by atoms with van der Waals surface area (Å²) in [6, 6.07) is 1.35. The van der Waals surface area contributed by atoms with Crippen molar-refractivity contribution < 1.29 is 0 Å². The Hall–Kier alpha value is -0.0800. The van der Waals surface area contributed by atoms with E-state index in [4.69, 9.17) is 5.73 Å². The molecule has 0 atom stereocenters. The van der Waals surface area contributed by atoms with Crippen LogP contribution in [-0.4, -0.2) is 17.6 Å². The predicted molar refractivity (Wildman–Crippen MR) is 58.1 cm³/mol. The second-order valence-corrected chi connectivity index (χ2v) is 5.69. The van der Waals surface area contributed by atoms with Crippen molar-refractivity contribution in [1.29, 1.82) is 0 Å². The van der Waals surface area contributed by atoms with Crippen LogP contribution in [0.3, 0.4) is 0 Å². The number of hydrogen-bond donors (Lipinski definition) is 2. The van der Waals surface area contributed by atoms with Crippen LogP contribution in [0.2, 0.25) is 0 Å². The molecule has 0 aromatic carbocycles. The Balaban J connectivity index is 1.67. The van der Waals surface area contributed by atoms with E-state index in [0.717, 1.165) is 12.0 Å². The summed E-state index contributed by atoms with van der Waals surface area (Å²) in [4.78, 5) is 0. The van der Waals surface area contributed by atoms with Crippen molar-refractivity contribution in [2.24, 2.45) is 11.7 Å². The zero-order valence-electron chi connectivity index (χ0n) is 8.97. The number of hydrogen-bond acceptors (Lipinski definition) is 2. The summed E-state index contributed by atoms with van der Waals surface area (Å²) >= 11 is 0. The van der Waals surface area contributed by atoms with Gasteiger partial charge in [-0.05, 0) is 57.3 Å². The molecule has 3 saturated carbocycles. The molecular weight excluding hydrogens is 172 g/mol. The van der Waals surface area contributed by atoms with Crippen LogP contribution in [0.1, 0.15) is 51.4 Å². The fraction of sp³-hybridized carbons (Fsp3) is 1.00. The molecule has 0 bridgehead atoms. The maximum atomic E-state index is 6.00. The van der Waals surface area contributed by atoms with Gasteiger partial charge in [0.1, 0.15) is 0 Å². The number of rotatable bonds is 3. The zero-order valence-corrected chi connectivity index (χ0v) is 8.97. The molecule has 0 heterocycles. The summed E-state index contributed by atoms with van der Waals surface area (Å²) < 4.78 is 0. The molecule has 14 heavy (non-hydrogen) atoms. The summed E-state index contributed by atoms with van der Waals surface area (Å²) in [6.45, 7) is 0. The second kappa shape index (κ2) is 3.21. The van der Waals surface area contributed by atoms with Gasteiger partial charge in [-0.15, -0.1) is 0 Å². The molecule has 3 rings (SSSR count). The minimum absolute atomic E-state index is 0.489. The SMILES string of the molecule is NC1CCC(NC2CC2)(C2CC2)CC1. The Kier molecular flexibility index (Phi) is 2.10. The monoisotopic (exact) mass is 194 g/mol. The van der Waals surface area contributed by atoms with E-state index in [-0.39, 0.29) is 0 Å². The van der Waals surface area contributed by atoms with Crippen LogP contribution in [0.4, 0.5) is 0 Å². The van der Waals surface area contributed by atoms with E-state index in [0.29, 0.717) is 11.6 Å². The second-order valence-electron chi connectivity index (χ2n) is 5.69. The highest BCUT2D eigenvalue weighted by Gasteiger charge is 2.48. The number of nitrogens with one attached hydrogen (secondary N) is 1. The van der Waals surface area contributed by atoms with Gasteiger partial charge in [-0.25, -0.2) is 0 Å². The van der Waals surface area contributed by atoms with Crippen molar-refractivity contribution in [3.8, 4) is 0 Å². The van der Waals surface area contributed by atoms with Gasteiger partial charge < -0.3 is 11.1 Å². The lowest BCUT2D eigenvalue weighted by atomic mass is 9.76. The quantitative estimate of drug-likeness (QED) is 0.719. The molecule has 2 heteroatoms. The first kappa shape index (κ1) is 9.17. The maximum Gasteiger partial charge on any atom is 0.0213 e. The Morgan fingerprint density at radius 1 is 0.929 bits per heavy atom. The van der Waals surface area contributed by atoms with E-state index in [1.807, 2.05) is 0 Å². The van der Waals surface area contributed by atoms with E-state index >= 15 is 0 Å². The van der Waals surface area contributed by atoms with Crippen LogP contribution < -0.4 is 11.1 Å². The standard InChI is InChI=1S/C12H22N2/c13-10-5-7-12(8-6-10,9-1-2-9)14-11-3-4-11/h9-11,14H,1-8,13H2. The molecule has 80 valence electrons. The van der Waals surface area contributed by atoms with Crippen LogP contribution >= 0.6 is 0 Å². The molecule has 0 aliphatic heterocycles. The topological polar surface area (TPSA) is 38.0 Å². The van der Waals surface area contributed by atoms with Crippen molar-refractivity contribution in [3.05, 3.63) is 0 Å². The molecule has 3 aliphatic carbocycles. The van der Waals surface area contributed by atoms with Crippen molar-refractivity contribution in [1.82, 2.24) is 5.32 Å². The average Bonchev–Trinajstić information content (AvgIpc) is 3.01. The van der Waals surface area contributed by atoms with Crippen molar-refractivity contribution in [3.63, 3.8) is 0 Å². The predicted octanol–water partition coefficient (Wildman–Crippen LogP) is 1.79. The average molecular weight is 194 g/mol. The van der Waals surface area contributed by atoms with Crippen LogP contribution in [0.15, 0.2) is 0 Å². The number of nitrogens with two attached hydrogens (primary N) is 1. The van der Waals surface area contributed by atoms with Crippen molar-refractivity contribution >= 4 is 0 Å². The highest BCUT2D eigenvalue weighted by molar-refractivity contribution is 5.06. The molecule has 0 aromatic rings. The fourth-order valence-corrected chi connectivity index (χ4v) is 3.10. The minimum atomic E-state index is 0.489. The molecule has 3 fully saturated rings. The zero-order chi connectivity index (χ0) is 9.60. The van der Waals surface area contributed by atoms with Gasteiger partial charge in [-0.3, -0.25) is 0 Å². The van der Waals surface area contributed by atoms with Crippen LogP contribution in [-0.2, 0) is 0 Å². The normalized spacial score (nSPS) is 43.9. The smallest absolute Gasteiger partial charge is 0.0213 e. The van der Waals surface area contributed by atoms with Crippen LogP contribution in [0.25, 0.3) is 0 Å². The molecule has 0 unspecified atom stereocenters. The molecule has 0 aromatic heterocycles.